The highest BCUT2D eigenvalue weighted by Crippen LogP contribution is 2.43. The Morgan fingerprint density at radius 3 is 2.71 bits per heavy atom. The van der Waals surface area contributed by atoms with Gasteiger partial charge in [0.1, 0.15) is 5.82 Å². The first-order valence-corrected chi connectivity index (χ1v) is 14.9. The van der Waals surface area contributed by atoms with Gasteiger partial charge in [0.25, 0.3) is 0 Å². The van der Waals surface area contributed by atoms with Gasteiger partial charge in [-0.3, -0.25) is 0 Å². The zero-order chi connectivity index (χ0) is 26.7. The van der Waals surface area contributed by atoms with Crippen molar-refractivity contribution in [2.24, 2.45) is 0 Å². The molecule has 0 unspecified atom stereocenters. The molecular formula is C25H30N6O5S2. The molecule has 1 aliphatic heterocycles. The summed E-state index contributed by atoms with van der Waals surface area (Å²) in [7, 11) is -3.44. The molecule has 3 aromatic rings. The van der Waals surface area contributed by atoms with Crippen molar-refractivity contribution >= 4 is 38.7 Å². The number of carbonyl (C=O) groups is 1. The van der Waals surface area contributed by atoms with E-state index in [0.29, 0.717) is 44.1 Å². The molecule has 13 heteroatoms. The summed E-state index contributed by atoms with van der Waals surface area (Å²) in [6, 6.07) is 8.92. The van der Waals surface area contributed by atoms with Crippen LogP contribution in [0.5, 0.6) is 0 Å². The van der Waals surface area contributed by atoms with E-state index in [0.717, 1.165) is 28.4 Å². The Kier molecular flexibility index (Phi) is 7.88. The number of anilines is 2. The van der Waals surface area contributed by atoms with Crippen LogP contribution in [-0.4, -0.2) is 78.7 Å². The maximum absolute atomic E-state index is 12.9. The highest BCUT2D eigenvalue weighted by Gasteiger charge is 2.42. The predicted octanol–water partition coefficient (Wildman–Crippen LogP) is 2.66. The average molecular weight is 559 g/mol. The molecule has 1 atom stereocenters. The number of ether oxygens (including phenoxy) is 1. The van der Waals surface area contributed by atoms with Crippen LogP contribution in [0.3, 0.4) is 0 Å². The van der Waals surface area contributed by atoms with E-state index in [2.05, 4.69) is 27.4 Å². The van der Waals surface area contributed by atoms with Gasteiger partial charge >= 0.3 is 6.03 Å². The lowest BCUT2D eigenvalue weighted by atomic mass is 9.82. The SMILES string of the molecule is C[C@H]1COCCN1c1cc(C2CC(S(=O)(=O)c3nccs3)C2)nc(-c2ccc(NC(=O)NCCO)cc2)n1. The van der Waals surface area contributed by atoms with Crippen LogP contribution in [0.25, 0.3) is 11.4 Å². The number of carbonyl (C=O) groups excluding carboxylic acids is 1. The van der Waals surface area contributed by atoms with Gasteiger partial charge in [-0.25, -0.2) is 28.2 Å². The Morgan fingerprint density at radius 2 is 2.03 bits per heavy atom. The largest absolute Gasteiger partial charge is 0.395 e. The molecule has 2 aromatic heterocycles. The molecule has 3 N–H and O–H groups in total. The van der Waals surface area contributed by atoms with Crippen LogP contribution in [0.4, 0.5) is 16.3 Å². The number of urea groups is 1. The first kappa shape index (κ1) is 26.5. The smallest absolute Gasteiger partial charge is 0.319 e. The second kappa shape index (κ2) is 11.3. The van der Waals surface area contributed by atoms with E-state index in [1.54, 1.807) is 17.5 Å². The van der Waals surface area contributed by atoms with Crippen molar-refractivity contribution in [3.63, 3.8) is 0 Å². The van der Waals surface area contributed by atoms with Crippen LogP contribution in [0, 0.1) is 0 Å². The fraction of sp³-hybridized carbons (Fsp3) is 0.440. The first-order valence-electron chi connectivity index (χ1n) is 12.5. The van der Waals surface area contributed by atoms with Gasteiger partial charge in [-0.05, 0) is 44.0 Å². The van der Waals surface area contributed by atoms with Gasteiger partial charge < -0.3 is 25.4 Å². The summed E-state index contributed by atoms with van der Waals surface area (Å²) in [5.74, 6) is 1.33. The molecule has 3 heterocycles. The number of amides is 2. The summed E-state index contributed by atoms with van der Waals surface area (Å²) >= 11 is 1.15. The summed E-state index contributed by atoms with van der Waals surface area (Å²) in [5, 5.41) is 15.3. The lowest BCUT2D eigenvalue weighted by Crippen LogP contribution is -2.44. The summed E-state index contributed by atoms with van der Waals surface area (Å²) in [6.07, 6.45) is 2.49. The summed E-state index contributed by atoms with van der Waals surface area (Å²) in [5.41, 5.74) is 2.19. The molecule has 1 saturated heterocycles. The molecule has 2 amide bonds. The monoisotopic (exact) mass is 558 g/mol. The Morgan fingerprint density at radius 1 is 1.24 bits per heavy atom. The Bertz CT molecular complexity index is 1360. The number of sulfone groups is 1. The minimum atomic E-state index is -3.44. The number of aliphatic hydroxyl groups excluding tert-OH is 1. The van der Waals surface area contributed by atoms with Crippen molar-refractivity contribution in [3.8, 4) is 11.4 Å². The van der Waals surface area contributed by atoms with Crippen molar-refractivity contribution in [1.82, 2.24) is 20.3 Å². The van der Waals surface area contributed by atoms with Gasteiger partial charge in [0.15, 0.2) is 5.82 Å². The third kappa shape index (κ3) is 5.65. The molecule has 5 rings (SSSR count). The third-order valence-electron chi connectivity index (χ3n) is 6.80. The van der Waals surface area contributed by atoms with E-state index in [1.807, 2.05) is 18.2 Å². The fourth-order valence-corrected chi connectivity index (χ4v) is 7.54. The molecule has 1 aromatic carbocycles. The van der Waals surface area contributed by atoms with Gasteiger partial charge in [0.05, 0.1) is 31.1 Å². The van der Waals surface area contributed by atoms with Crippen molar-refractivity contribution in [1.29, 1.82) is 0 Å². The minimum absolute atomic E-state index is 0.00254. The number of thiazole rings is 1. The normalized spacial score (nSPS) is 21.5. The maximum Gasteiger partial charge on any atom is 0.319 e. The Hall–Kier alpha value is -3.13. The molecule has 11 nitrogen and oxygen atoms in total. The van der Waals surface area contributed by atoms with E-state index < -0.39 is 21.1 Å². The van der Waals surface area contributed by atoms with Crippen LogP contribution in [0.15, 0.2) is 46.2 Å². The number of nitrogens with one attached hydrogen (secondary N) is 2. The predicted molar refractivity (Wildman–Crippen MR) is 144 cm³/mol. The molecule has 0 spiro atoms. The molecule has 2 fully saturated rings. The molecule has 0 radical (unpaired) electrons. The average Bonchev–Trinajstić information content (AvgIpc) is 3.43. The molecule has 0 bridgehead atoms. The van der Waals surface area contributed by atoms with E-state index >= 15 is 0 Å². The van der Waals surface area contributed by atoms with Gasteiger partial charge in [0.2, 0.25) is 14.2 Å². The van der Waals surface area contributed by atoms with Gasteiger partial charge in [-0.1, -0.05) is 0 Å². The second-order valence-electron chi connectivity index (χ2n) is 9.41. The minimum Gasteiger partial charge on any atom is -0.395 e. The zero-order valence-corrected chi connectivity index (χ0v) is 22.5. The third-order valence-corrected chi connectivity index (χ3v) is 10.2. The first-order chi connectivity index (χ1) is 18.3. The van der Waals surface area contributed by atoms with Crippen molar-refractivity contribution in [3.05, 3.63) is 47.6 Å². The topological polar surface area (TPSA) is 147 Å². The van der Waals surface area contributed by atoms with Gasteiger partial charge in [0, 0.05) is 53.6 Å². The molecule has 38 heavy (non-hydrogen) atoms. The van der Waals surface area contributed by atoms with Crippen molar-refractivity contribution < 1.29 is 23.1 Å². The summed E-state index contributed by atoms with van der Waals surface area (Å²) in [4.78, 5) is 27.8. The van der Waals surface area contributed by atoms with E-state index in [-0.39, 0.29) is 29.5 Å². The van der Waals surface area contributed by atoms with Crippen LogP contribution < -0.4 is 15.5 Å². The lowest BCUT2D eigenvalue weighted by molar-refractivity contribution is 0.0985. The molecule has 202 valence electrons. The second-order valence-corrected chi connectivity index (χ2v) is 12.7. The fourth-order valence-electron chi connectivity index (χ4n) is 4.61. The molecular weight excluding hydrogens is 528 g/mol. The van der Waals surface area contributed by atoms with Crippen LogP contribution in [-0.2, 0) is 14.6 Å². The number of nitrogens with zero attached hydrogens (tertiary/aromatic N) is 4. The molecule has 1 aliphatic carbocycles. The van der Waals surface area contributed by atoms with Crippen LogP contribution in [0.1, 0.15) is 31.4 Å². The zero-order valence-electron chi connectivity index (χ0n) is 20.9. The van der Waals surface area contributed by atoms with Crippen molar-refractivity contribution in [2.75, 3.05) is 43.1 Å². The Labute approximate surface area is 225 Å². The number of hydrogen-bond donors (Lipinski definition) is 3. The van der Waals surface area contributed by atoms with Crippen molar-refractivity contribution in [2.45, 2.75) is 41.3 Å². The standard InChI is InChI=1S/C25H30N6O5S2/c1-16-15-36-10-8-31(16)22-14-21(18-12-20(13-18)38(34,35)25-27-7-11-37-25)29-23(30-22)17-2-4-19(5-3-17)28-24(33)26-6-9-32/h2-5,7,11,14,16,18,20,32H,6,8-10,12-13,15H2,1H3,(H2,26,28,33)/t16-,18?,20?/m0/s1. The number of morpholine rings is 1. The molecule has 2 aliphatic rings. The maximum atomic E-state index is 12.9. The van der Waals surface area contributed by atoms with E-state index in [4.69, 9.17) is 19.8 Å². The highest BCUT2D eigenvalue weighted by atomic mass is 32.2. The highest BCUT2D eigenvalue weighted by molar-refractivity contribution is 7.94. The number of hydrogen-bond acceptors (Lipinski definition) is 10. The van der Waals surface area contributed by atoms with E-state index in [9.17, 15) is 13.2 Å². The number of rotatable bonds is 8. The quantitative estimate of drug-likeness (QED) is 0.380. The van der Waals surface area contributed by atoms with Gasteiger partial charge in [-0.15, -0.1) is 11.3 Å². The molecule has 1 saturated carbocycles. The van der Waals surface area contributed by atoms with Crippen LogP contribution in [0.2, 0.25) is 0 Å². The van der Waals surface area contributed by atoms with E-state index in [1.165, 1.54) is 6.20 Å². The summed E-state index contributed by atoms with van der Waals surface area (Å²) < 4.78 is 31.6. The lowest BCUT2D eigenvalue weighted by Gasteiger charge is -2.36. The number of aliphatic hydroxyl groups is 1. The Balaban J connectivity index is 1.39. The number of benzene rings is 1. The number of aromatic nitrogens is 3. The van der Waals surface area contributed by atoms with Crippen LogP contribution >= 0.6 is 11.3 Å². The summed E-state index contributed by atoms with van der Waals surface area (Å²) in [6.45, 7) is 4.03. The van der Waals surface area contributed by atoms with Gasteiger partial charge in [-0.2, -0.15) is 0 Å².